The molecule has 0 fully saturated rings. The maximum atomic E-state index is 13.2. The van der Waals surface area contributed by atoms with Crippen molar-refractivity contribution >= 4 is 10.9 Å². The molecule has 1 N–H and O–H groups in total. The van der Waals surface area contributed by atoms with Gasteiger partial charge in [-0.25, -0.2) is 0 Å². The number of rotatable bonds is 2. The summed E-state index contributed by atoms with van der Waals surface area (Å²) in [6.07, 6.45) is -0.641. The van der Waals surface area contributed by atoms with Crippen molar-refractivity contribution in [2.75, 3.05) is 0 Å². The SMILES string of the molecule is C#CCn1c(C(F)(F)F)c(C(C)O)c2ccccc21. The summed E-state index contributed by atoms with van der Waals surface area (Å²) in [5.74, 6) is 2.22. The summed E-state index contributed by atoms with van der Waals surface area (Å²) in [5.41, 5.74) is -0.622. The molecule has 1 aromatic carbocycles. The molecule has 1 atom stereocenters. The first-order chi connectivity index (χ1) is 8.88. The predicted molar refractivity (Wildman–Crippen MR) is 66.4 cm³/mol. The molecule has 0 amide bonds. The van der Waals surface area contributed by atoms with Crippen molar-refractivity contribution in [2.45, 2.75) is 25.7 Å². The minimum absolute atomic E-state index is 0.127. The second kappa shape index (κ2) is 4.63. The minimum atomic E-state index is -4.57. The van der Waals surface area contributed by atoms with E-state index < -0.39 is 18.0 Å². The number of aliphatic hydroxyl groups excluding tert-OH is 1. The molecule has 19 heavy (non-hydrogen) atoms. The van der Waals surface area contributed by atoms with E-state index in [9.17, 15) is 18.3 Å². The van der Waals surface area contributed by atoms with Crippen molar-refractivity contribution in [1.82, 2.24) is 4.57 Å². The van der Waals surface area contributed by atoms with E-state index in [1.807, 2.05) is 0 Å². The minimum Gasteiger partial charge on any atom is -0.389 e. The van der Waals surface area contributed by atoms with E-state index in [1.165, 1.54) is 6.92 Å². The number of hydrogen-bond acceptors (Lipinski definition) is 1. The quantitative estimate of drug-likeness (QED) is 0.829. The molecule has 2 aromatic rings. The van der Waals surface area contributed by atoms with Gasteiger partial charge in [0.2, 0.25) is 0 Å². The van der Waals surface area contributed by atoms with Crippen LogP contribution in [0.15, 0.2) is 24.3 Å². The second-order valence-electron chi connectivity index (χ2n) is 4.24. The summed E-state index contributed by atoms with van der Waals surface area (Å²) in [5, 5.41) is 10.1. The Labute approximate surface area is 108 Å². The molecular weight excluding hydrogens is 255 g/mol. The molecule has 1 unspecified atom stereocenters. The molecule has 0 bridgehead atoms. The summed E-state index contributed by atoms with van der Waals surface area (Å²) in [6, 6.07) is 6.39. The molecule has 0 radical (unpaired) electrons. The van der Waals surface area contributed by atoms with Crippen molar-refractivity contribution in [1.29, 1.82) is 0 Å². The fourth-order valence-electron chi connectivity index (χ4n) is 2.31. The van der Waals surface area contributed by atoms with Gasteiger partial charge in [0, 0.05) is 16.5 Å². The third kappa shape index (κ3) is 2.20. The molecule has 0 saturated carbocycles. The first-order valence-electron chi connectivity index (χ1n) is 5.67. The lowest BCUT2D eigenvalue weighted by Crippen LogP contribution is -2.16. The third-order valence-corrected chi connectivity index (χ3v) is 2.95. The number of fused-ring (bicyclic) bond motifs is 1. The number of aliphatic hydroxyl groups is 1. The van der Waals surface area contributed by atoms with Gasteiger partial charge in [-0.1, -0.05) is 24.1 Å². The van der Waals surface area contributed by atoms with Crippen LogP contribution in [-0.4, -0.2) is 9.67 Å². The zero-order chi connectivity index (χ0) is 14.2. The molecular formula is C14H12F3NO. The van der Waals surface area contributed by atoms with Crippen LogP contribution in [0.5, 0.6) is 0 Å². The molecule has 0 aliphatic carbocycles. The van der Waals surface area contributed by atoms with E-state index in [1.54, 1.807) is 24.3 Å². The standard InChI is InChI=1S/C14H12F3NO/c1-3-8-18-11-7-5-4-6-10(11)12(9(2)19)13(18)14(15,16)17/h1,4-7,9,19H,8H2,2H3. The molecule has 5 heteroatoms. The lowest BCUT2D eigenvalue weighted by Gasteiger charge is -2.14. The Balaban J connectivity index is 2.93. The average Bonchev–Trinajstić information content (AvgIpc) is 2.65. The largest absolute Gasteiger partial charge is 0.431 e. The number of aromatic nitrogens is 1. The van der Waals surface area contributed by atoms with Crippen LogP contribution in [0, 0.1) is 12.3 Å². The highest BCUT2D eigenvalue weighted by Gasteiger charge is 2.40. The van der Waals surface area contributed by atoms with Gasteiger partial charge >= 0.3 is 6.18 Å². The lowest BCUT2D eigenvalue weighted by molar-refractivity contribution is -0.144. The summed E-state index contributed by atoms with van der Waals surface area (Å²) in [6.45, 7) is 1.12. The van der Waals surface area contributed by atoms with Gasteiger partial charge in [-0.15, -0.1) is 6.42 Å². The van der Waals surface area contributed by atoms with E-state index in [2.05, 4.69) is 5.92 Å². The van der Waals surface area contributed by atoms with Crippen LogP contribution in [0.3, 0.4) is 0 Å². The van der Waals surface area contributed by atoms with Crippen molar-refractivity contribution in [3.05, 3.63) is 35.5 Å². The summed E-state index contributed by atoms with van der Waals surface area (Å²) >= 11 is 0. The highest BCUT2D eigenvalue weighted by Crippen LogP contribution is 2.40. The van der Waals surface area contributed by atoms with Crippen LogP contribution >= 0.6 is 0 Å². The van der Waals surface area contributed by atoms with Gasteiger partial charge in [0.05, 0.1) is 12.6 Å². The molecule has 0 aliphatic rings. The Morgan fingerprint density at radius 3 is 2.53 bits per heavy atom. The number of para-hydroxylation sites is 1. The van der Waals surface area contributed by atoms with Gasteiger partial charge in [0.15, 0.2) is 0 Å². The maximum absolute atomic E-state index is 13.2. The normalized spacial score (nSPS) is 13.5. The molecule has 1 aromatic heterocycles. The molecule has 1 heterocycles. The first-order valence-corrected chi connectivity index (χ1v) is 5.67. The van der Waals surface area contributed by atoms with E-state index in [4.69, 9.17) is 6.42 Å². The lowest BCUT2D eigenvalue weighted by atomic mass is 10.1. The summed E-state index contributed by atoms with van der Waals surface area (Å²) in [4.78, 5) is 0. The predicted octanol–water partition coefficient (Wildman–Crippen LogP) is 3.35. The molecule has 0 aliphatic heterocycles. The van der Waals surface area contributed by atoms with Crippen molar-refractivity contribution in [3.8, 4) is 12.3 Å². The monoisotopic (exact) mass is 267 g/mol. The third-order valence-electron chi connectivity index (χ3n) is 2.95. The van der Waals surface area contributed by atoms with Crippen LogP contribution in [-0.2, 0) is 12.7 Å². The summed E-state index contributed by atoms with van der Waals surface area (Å²) < 4.78 is 40.7. The molecule has 0 saturated heterocycles. The number of terminal acetylenes is 1. The fraction of sp³-hybridized carbons (Fsp3) is 0.286. The maximum Gasteiger partial charge on any atom is 0.431 e. The van der Waals surface area contributed by atoms with Gasteiger partial charge in [-0.2, -0.15) is 13.2 Å². The zero-order valence-corrected chi connectivity index (χ0v) is 10.2. The number of hydrogen-bond donors (Lipinski definition) is 1. The Hall–Kier alpha value is -1.93. The van der Waals surface area contributed by atoms with Crippen molar-refractivity contribution in [2.24, 2.45) is 0 Å². The Morgan fingerprint density at radius 1 is 1.37 bits per heavy atom. The van der Waals surface area contributed by atoms with Crippen LogP contribution in [0.2, 0.25) is 0 Å². The fourth-order valence-corrected chi connectivity index (χ4v) is 2.31. The van der Waals surface area contributed by atoms with Gasteiger partial charge in [-0.05, 0) is 13.0 Å². The second-order valence-corrected chi connectivity index (χ2v) is 4.24. The van der Waals surface area contributed by atoms with E-state index in [-0.39, 0.29) is 12.1 Å². The zero-order valence-electron chi connectivity index (χ0n) is 10.2. The topological polar surface area (TPSA) is 25.2 Å². The van der Waals surface area contributed by atoms with Gasteiger partial charge in [-0.3, -0.25) is 0 Å². The Bertz CT molecular complexity index is 647. The van der Waals surface area contributed by atoms with E-state index >= 15 is 0 Å². The van der Waals surface area contributed by atoms with E-state index in [0.717, 1.165) is 4.57 Å². The number of benzene rings is 1. The van der Waals surface area contributed by atoms with Crippen LogP contribution in [0.4, 0.5) is 13.2 Å². The Kier molecular flexibility index (Phi) is 3.29. The Morgan fingerprint density at radius 2 is 2.00 bits per heavy atom. The number of nitrogens with zero attached hydrogens (tertiary/aromatic N) is 1. The highest BCUT2D eigenvalue weighted by atomic mass is 19.4. The number of halogens is 3. The van der Waals surface area contributed by atoms with Crippen LogP contribution in [0.1, 0.15) is 24.3 Å². The van der Waals surface area contributed by atoms with Gasteiger partial charge < -0.3 is 9.67 Å². The smallest absolute Gasteiger partial charge is 0.389 e. The molecule has 100 valence electrons. The molecule has 0 spiro atoms. The number of alkyl halides is 3. The first kappa shape index (κ1) is 13.5. The van der Waals surface area contributed by atoms with Crippen LogP contribution < -0.4 is 0 Å². The van der Waals surface area contributed by atoms with Crippen LogP contribution in [0.25, 0.3) is 10.9 Å². The van der Waals surface area contributed by atoms with E-state index in [0.29, 0.717) is 10.9 Å². The molecule has 2 rings (SSSR count). The summed E-state index contributed by atoms with van der Waals surface area (Å²) in [7, 11) is 0. The van der Waals surface area contributed by atoms with Crippen molar-refractivity contribution in [3.63, 3.8) is 0 Å². The van der Waals surface area contributed by atoms with Crippen molar-refractivity contribution < 1.29 is 18.3 Å². The highest BCUT2D eigenvalue weighted by molar-refractivity contribution is 5.86. The average molecular weight is 267 g/mol. The van der Waals surface area contributed by atoms with Gasteiger partial charge in [0.25, 0.3) is 0 Å². The molecule has 2 nitrogen and oxygen atoms in total. The van der Waals surface area contributed by atoms with Gasteiger partial charge in [0.1, 0.15) is 5.69 Å².